The average molecular weight is 445 g/mol. The largest absolute Gasteiger partial charge is 0.457 e. The molecule has 0 atom stereocenters. The Morgan fingerprint density at radius 1 is 0.903 bits per heavy atom. The fourth-order valence-corrected chi connectivity index (χ4v) is 4.81. The van der Waals surface area contributed by atoms with Gasteiger partial charge < -0.3 is 9.72 Å². The van der Waals surface area contributed by atoms with Gasteiger partial charge in [0.2, 0.25) is 9.84 Å². The van der Waals surface area contributed by atoms with Crippen LogP contribution in [0.3, 0.4) is 0 Å². The Bertz CT molecular complexity index is 1350. The highest BCUT2D eigenvalue weighted by molar-refractivity contribution is 7.91. The highest BCUT2D eigenvalue weighted by Gasteiger charge is 2.31. The smallest absolute Gasteiger partial charge is 0.416 e. The van der Waals surface area contributed by atoms with Gasteiger partial charge >= 0.3 is 6.18 Å². The molecule has 0 aliphatic carbocycles. The van der Waals surface area contributed by atoms with Crippen molar-refractivity contribution < 1.29 is 26.3 Å². The van der Waals surface area contributed by atoms with Gasteiger partial charge in [-0.2, -0.15) is 13.2 Å². The molecule has 8 heteroatoms. The summed E-state index contributed by atoms with van der Waals surface area (Å²) in [6, 6.07) is 14.2. The predicted octanol–water partition coefficient (Wildman–Crippen LogP) is 6.43. The zero-order valence-corrected chi connectivity index (χ0v) is 17.4. The van der Waals surface area contributed by atoms with E-state index in [9.17, 15) is 21.6 Å². The summed E-state index contributed by atoms with van der Waals surface area (Å²) < 4.78 is 70.7. The number of para-hydroxylation sites is 1. The first-order valence-corrected chi connectivity index (χ1v) is 10.8. The molecule has 0 aliphatic heterocycles. The quantitative estimate of drug-likeness (QED) is 0.394. The maximum Gasteiger partial charge on any atom is 0.416 e. The minimum absolute atomic E-state index is 0.0331. The second-order valence-electron chi connectivity index (χ2n) is 7.21. The Kier molecular flexibility index (Phi) is 5.05. The highest BCUT2D eigenvalue weighted by Crippen LogP contribution is 2.35. The summed E-state index contributed by atoms with van der Waals surface area (Å²) in [5.74, 6) is 1.14. The van der Waals surface area contributed by atoms with E-state index >= 15 is 0 Å². The second-order valence-corrected chi connectivity index (χ2v) is 9.13. The number of hydrogen-bond acceptors (Lipinski definition) is 3. The number of fused-ring (bicyclic) bond motifs is 1. The van der Waals surface area contributed by atoms with Crippen LogP contribution in [-0.2, 0) is 16.0 Å². The van der Waals surface area contributed by atoms with Crippen molar-refractivity contribution >= 4 is 20.7 Å². The van der Waals surface area contributed by atoms with Crippen LogP contribution < -0.4 is 4.74 Å². The number of aromatic nitrogens is 1. The SMILES string of the molecule is Cc1cccc(C)c1Oc1ccc2[nH]cc(S(=O)(=O)c3ccc(C(F)(F)F)cc3)c2c1. The van der Waals surface area contributed by atoms with Crippen LogP contribution in [0.4, 0.5) is 13.2 Å². The molecule has 0 spiro atoms. The van der Waals surface area contributed by atoms with Crippen LogP contribution in [-0.4, -0.2) is 13.4 Å². The maximum absolute atomic E-state index is 13.1. The van der Waals surface area contributed by atoms with Crippen molar-refractivity contribution in [2.75, 3.05) is 0 Å². The number of halogens is 3. The van der Waals surface area contributed by atoms with Crippen molar-refractivity contribution in [2.24, 2.45) is 0 Å². The lowest BCUT2D eigenvalue weighted by molar-refractivity contribution is -0.137. The zero-order valence-electron chi connectivity index (χ0n) is 16.6. The van der Waals surface area contributed by atoms with E-state index in [0.29, 0.717) is 22.4 Å². The van der Waals surface area contributed by atoms with Gasteiger partial charge in [-0.25, -0.2) is 8.42 Å². The molecule has 1 heterocycles. The molecule has 4 nitrogen and oxygen atoms in total. The van der Waals surface area contributed by atoms with Gasteiger partial charge in [-0.05, 0) is 67.4 Å². The molecule has 4 rings (SSSR count). The number of aryl methyl sites for hydroxylation is 2. The molecule has 4 aromatic rings. The molecule has 0 unspecified atom stereocenters. The standard InChI is InChI=1S/C23H18F3NO3S/c1-14-4-3-5-15(2)22(14)30-17-8-11-20-19(12-17)21(13-27-20)31(28,29)18-9-6-16(7-10-18)23(24,25)26/h3-13,27H,1-2H3. The van der Waals surface area contributed by atoms with Crippen LogP contribution in [0.1, 0.15) is 16.7 Å². The van der Waals surface area contributed by atoms with Crippen LogP contribution >= 0.6 is 0 Å². The van der Waals surface area contributed by atoms with E-state index in [4.69, 9.17) is 4.74 Å². The van der Waals surface area contributed by atoms with E-state index in [1.165, 1.54) is 6.20 Å². The summed E-state index contributed by atoms with van der Waals surface area (Å²) in [5, 5.41) is 0.392. The summed E-state index contributed by atoms with van der Waals surface area (Å²) in [4.78, 5) is 2.65. The number of alkyl halides is 3. The molecule has 0 fully saturated rings. The van der Waals surface area contributed by atoms with Gasteiger partial charge in [0.15, 0.2) is 0 Å². The van der Waals surface area contributed by atoms with Gasteiger partial charge in [0.25, 0.3) is 0 Å². The average Bonchev–Trinajstić information content (AvgIpc) is 3.14. The minimum atomic E-state index is -4.54. The molecule has 160 valence electrons. The van der Waals surface area contributed by atoms with Crippen molar-refractivity contribution in [1.29, 1.82) is 0 Å². The molecule has 31 heavy (non-hydrogen) atoms. The first-order chi connectivity index (χ1) is 14.6. The van der Waals surface area contributed by atoms with Gasteiger partial charge in [0.05, 0.1) is 15.4 Å². The fraction of sp³-hybridized carbons (Fsp3) is 0.130. The van der Waals surface area contributed by atoms with Gasteiger partial charge in [-0.1, -0.05) is 18.2 Å². The van der Waals surface area contributed by atoms with Crippen molar-refractivity contribution in [2.45, 2.75) is 29.8 Å². The second kappa shape index (κ2) is 7.46. The van der Waals surface area contributed by atoms with E-state index in [1.54, 1.807) is 18.2 Å². The number of ether oxygens (including phenoxy) is 1. The van der Waals surface area contributed by atoms with Gasteiger partial charge in [0, 0.05) is 17.1 Å². The van der Waals surface area contributed by atoms with E-state index < -0.39 is 21.6 Å². The lowest BCUT2D eigenvalue weighted by atomic mass is 10.1. The van der Waals surface area contributed by atoms with E-state index in [-0.39, 0.29) is 9.79 Å². The maximum atomic E-state index is 13.1. The monoisotopic (exact) mass is 445 g/mol. The topological polar surface area (TPSA) is 59.2 Å². The first kappa shape index (κ1) is 21.0. The minimum Gasteiger partial charge on any atom is -0.457 e. The van der Waals surface area contributed by atoms with Crippen LogP contribution in [0.15, 0.2) is 76.7 Å². The summed E-state index contributed by atoms with van der Waals surface area (Å²) in [6.07, 6.45) is -3.20. The zero-order chi connectivity index (χ0) is 22.4. The molecular formula is C23H18F3NO3S. The fourth-order valence-electron chi connectivity index (χ4n) is 3.39. The molecule has 0 bridgehead atoms. The number of aromatic amines is 1. The Hall–Kier alpha value is -3.26. The lowest BCUT2D eigenvalue weighted by Gasteiger charge is -2.12. The number of benzene rings is 3. The van der Waals surface area contributed by atoms with E-state index in [0.717, 1.165) is 35.4 Å². The van der Waals surface area contributed by atoms with Gasteiger partial charge in [-0.15, -0.1) is 0 Å². The summed E-state index contributed by atoms with van der Waals surface area (Å²) >= 11 is 0. The molecule has 0 saturated carbocycles. The Balaban J connectivity index is 1.75. The molecule has 1 aromatic heterocycles. The van der Waals surface area contributed by atoms with Crippen molar-refractivity contribution in [3.63, 3.8) is 0 Å². The number of hydrogen-bond donors (Lipinski definition) is 1. The predicted molar refractivity (Wildman–Crippen MR) is 111 cm³/mol. The number of nitrogens with one attached hydrogen (secondary N) is 1. The van der Waals surface area contributed by atoms with Gasteiger partial charge in [-0.3, -0.25) is 0 Å². The lowest BCUT2D eigenvalue weighted by Crippen LogP contribution is -2.06. The Morgan fingerprint density at radius 2 is 1.55 bits per heavy atom. The molecular weight excluding hydrogens is 427 g/mol. The van der Waals surface area contributed by atoms with Crippen molar-refractivity contribution in [3.05, 3.63) is 83.6 Å². The Morgan fingerprint density at radius 3 is 2.16 bits per heavy atom. The van der Waals surface area contributed by atoms with E-state index in [1.807, 2.05) is 32.0 Å². The summed E-state index contributed by atoms with van der Waals surface area (Å²) in [7, 11) is -4.04. The third-order valence-corrected chi connectivity index (χ3v) is 6.83. The van der Waals surface area contributed by atoms with E-state index in [2.05, 4.69) is 4.98 Å². The molecule has 0 amide bonds. The van der Waals surface area contributed by atoms with Crippen molar-refractivity contribution in [1.82, 2.24) is 4.98 Å². The van der Waals surface area contributed by atoms with Crippen LogP contribution in [0.25, 0.3) is 10.9 Å². The molecule has 1 N–H and O–H groups in total. The van der Waals surface area contributed by atoms with Crippen LogP contribution in [0.2, 0.25) is 0 Å². The molecule has 0 radical (unpaired) electrons. The number of rotatable bonds is 4. The van der Waals surface area contributed by atoms with Crippen LogP contribution in [0.5, 0.6) is 11.5 Å². The van der Waals surface area contributed by atoms with Crippen molar-refractivity contribution in [3.8, 4) is 11.5 Å². The molecule has 0 saturated heterocycles. The number of H-pyrrole nitrogens is 1. The summed E-state index contributed by atoms with van der Waals surface area (Å²) in [6.45, 7) is 3.83. The summed E-state index contributed by atoms with van der Waals surface area (Å²) in [5.41, 5.74) is 1.53. The normalized spacial score (nSPS) is 12.3. The third-order valence-electron chi connectivity index (χ3n) is 5.03. The Labute approximate surface area is 177 Å². The van der Waals surface area contributed by atoms with Crippen LogP contribution in [0, 0.1) is 13.8 Å². The van der Waals surface area contributed by atoms with Gasteiger partial charge in [0.1, 0.15) is 11.5 Å². The first-order valence-electron chi connectivity index (χ1n) is 9.35. The number of sulfone groups is 1. The third kappa shape index (κ3) is 3.90. The highest BCUT2D eigenvalue weighted by atomic mass is 32.2. The molecule has 3 aromatic carbocycles. The molecule has 0 aliphatic rings.